The van der Waals surface area contributed by atoms with Gasteiger partial charge in [0.15, 0.2) is 6.29 Å². The standard InChI is InChI=1S/C24H30O3/c1-15-12-18-19(24(4,5)11-10-23(18,2)3)13-17(15)21-20(26-6)9-8-16(14-25)22(21)27-7/h8-9,12-14H,10-11H2,1-7H3. The molecular weight excluding hydrogens is 336 g/mol. The van der Waals surface area contributed by atoms with Crippen LogP contribution in [-0.4, -0.2) is 20.5 Å². The SMILES string of the molecule is COc1ccc(C=O)c(OC)c1-c1cc2c(cc1C)C(C)(C)CCC2(C)C. The summed E-state index contributed by atoms with van der Waals surface area (Å²) in [6.45, 7) is 11.4. The molecule has 0 saturated carbocycles. The van der Waals surface area contributed by atoms with Crippen molar-refractivity contribution in [2.45, 2.75) is 58.3 Å². The minimum Gasteiger partial charge on any atom is -0.496 e. The number of carbonyl (C=O) groups is 1. The van der Waals surface area contributed by atoms with E-state index in [-0.39, 0.29) is 10.8 Å². The van der Waals surface area contributed by atoms with Gasteiger partial charge in [0.05, 0.1) is 25.3 Å². The van der Waals surface area contributed by atoms with Crippen LogP contribution >= 0.6 is 0 Å². The lowest BCUT2D eigenvalue weighted by Crippen LogP contribution is -2.34. The van der Waals surface area contributed by atoms with Crippen LogP contribution in [0.5, 0.6) is 11.5 Å². The molecule has 144 valence electrons. The molecule has 0 amide bonds. The second-order valence-corrected chi connectivity index (χ2v) is 8.86. The van der Waals surface area contributed by atoms with E-state index in [0.29, 0.717) is 17.1 Å². The lowest BCUT2D eigenvalue weighted by Gasteiger charge is -2.42. The summed E-state index contributed by atoms with van der Waals surface area (Å²) in [4.78, 5) is 11.6. The number of carbonyl (C=O) groups excluding carboxylic acids is 1. The largest absolute Gasteiger partial charge is 0.496 e. The first-order chi connectivity index (χ1) is 12.7. The van der Waals surface area contributed by atoms with E-state index >= 15 is 0 Å². The Morgan fingerprint density at radius 3 is 2.04 bits per heavy atom. The topological polar surface area (TPSA) is 35.5 Å². The molecule has 0 bridgehead atoms. The fourth-order valence-corrected chi connectivity index (χ4v) is 4.31. The van der Waals surface area contributed by atoms with Gasteiger partial charge in [-0.25, -0.2) is 0 Å². The molecule has 0 atom stereocenters. The first-order valence-electron chi connectivity index (χ1n) is 9.52. The Kier molecular flexibility index (Phi) is 4.83. The zero-order valence-electron chi connectivity index (χ0n) is 17.5. The first kappa shape index (κ1) is 19.5. The zero-order valence-corrected chi connectivity index (χ0v) is 17.5. The van der Waals surface area contributed by atoms with E-state index in [1.165, 1.54) is 23.1 Å². The first-order valence-corrected chi connectivity index (χ1v) is 9.52. The summed E-state index contributed by atoms with van der Waals surface area (Å²) in [5.41, 5.74) is 6.68. The molecule has 1 aliphatic carbocycles. The maximum absolute atomic E-state index is 11.6. The van der Waals surface area contributed by atoms with Crippen molar-refractivity contribution in [1.29, 1.82) is 0 Å². The monoisotopic (exact) mass is 366 g/mol. The van der Waals surface area contributed by atoms with Crippen LogP contribution in [0.15, 0.2) is 24.3 Å². The summed E-state index contributed by atoms with van der Waals surface area (Å²) < 4.78 is 11.3. The summed E-state index contributed by atoms with van der Waals surface area (Å²) >= 11 is 0. The molecular formula is C24H30O3. The number of fused-ring (bicyclic) bond motifs is 1. The number of benzene rings is 2. The fraction of sp³-hybridized carbons (Fsp3) is 0.458. The van der Waals surface area contributed by atoms with Crippen molar-refractivity contribution in [3.63, 3.8) is 0 Å². The van der Waals surface area contributed by atoms with E-state index in [0.717, 1.165) is 23.8 Å². The van der Waals surface area contributed by atoms with Crippen LogP contribution in [0.25, 0.3) is 11.1 Å². The minimum atomic E-state index is 0.107. The molecule has 0 unspecified atom stereocenters. The third-order valence-corrected chi connectivity index (χ3v) is 6.17. The van der Waals surface area contributed by atoms with Gasteiger partial charge in [-0.15, -0.1) is 0 Å². The normalized spacial score (nSPS) is 17.1. The van der Waals surface area contributed by atoms with Gasteiger partial charge in [-0.1, -0.05) is 33.8 Å². The summed E-state index contributed by atoms with van der Waals surface area (Å²) in [6, 6.07) is 8.20. The molecule has 0 fully saturated rings. The molecule has 3 heteroatoms. The molecule has 3 nitrogen and oxygen atoms in total. The second-order valence-electron chi connectivity index (χ2n) is 8.86. The van der Waals surface area contributed by atoms with Gasteiger partial charge in [0.25, 0.3) is 0 Å². The third kappa shape index (κ3) is 3.13. The Morgan fingerprint density at radius 1 is 0.926 bits per heavy atom. The number of hydrogen-bond donors (Lipinski definition) is 0. The van der Waals surface area contributed by atoms with E-state index in [2.05, 4.69) is 46.8 Å². The molecule has 2 aromatic rings. The Hall–Kier alpha value is -2.29. The molecule has 0 heterocycles. The predicted octanol–water partition coefficient (Wildman–Crippen LogP) is 5.84. The minimum absolute atomic E-state index is 0.107. The Morgan fingerprint density at radius 2 is 1.52 bits per heavy atom. The molecule has 2 aromatic carbocycles. The number of methoxy groups -OCH3 is 2. The van der Waals surface area contributed by atoms with Crippen molar-refractivity contribution in [3.05, 3.63) is 46.5 Å². The van der Waals surface area contributed by atoms with Crippen molar-refractivity contribution in [1.82, 2.24) is 0 Å². The van der Waals surface area contributed by atoms with Gasteiger partial charge in [0.2, 0.25) is 0 Å². The molecule has 0 spiro atoms. The lowest BCUT2D eigenvalue weighted by atomic mass is 9.62. The van der Waals surface area contributed by atoms with Gasteiger partial charge in [-0.2, -0.15) is 0 Å². The van der Waals surface area contributed by atoms with Crippen molar-refractivity contribution < 1.29 is 14.3 Å². The third-order valence-electron chi connectivity index (χ3n) is 6.17. The average molecular weight is 367 g/mol. The summed E-state index contributed by atoms with van der Waals surface area (Å²) in [5.74, 6) is 1.29. The van der Waals surface area contributed by atoms with Gasteiger partial charge in [-0.3, -0.25) is 4.79 Å². The Balaban J connectivity index is 2.37. The molecule has 0 aliphatic heterocycles. The van der Waals surface area contributed by atoms with Crippen LogP contribution in [0, 0.1) is 6.92 Å². The van der Waals surface area contributed by atoms with Crippen LogP contribution in [-0.2, 0) is 10.8 Å². The van der Waals surface area contributed by atoms with Crippen molar-refractivity contribution in [2.24, 2.45) is 0 Å². The number of ether oxygens (including phenoxy) is 2. The van der Waals surface area contributed by atoms with Crippen LogP contribution in [0.1, 0.15) is 67.6 Å². The summed E-state index contributed by atoms with van der Waals surface area (Å²) in [7, 11) is 3.26. The molecule has 0 saturated heterocycles. The second kappa shape index (κ2) is 6.70. The van der Waals surface area contributed by atoms with Crippen LogP contribution in [0.3, 0.4) is 0 Å². The molecule has 0 radical (unpaired) electrons. The Labute approximate surface area is 162 Å². The summed E-state index contributed by atoms with van der Waals surface area (Å²) in [5, 5.41) is 0. The highest BCUT2D eigenvalue weighted by Gasteiger charge is 2.37. The van der Waals surface area contributed by atoms with Crippen LogP contribution in [0.2, 0.25) is 0 Å². The molecule has 27 heavy (non-hydrogen) atoms. The smallest absolute Gasteiger partial charge is 0.153 e. The van der Waals surface area contributed by atoms with Crippen molar-refractivity contribution >= 4 is 6.29 Å². The van der Waals surface area contributed by atoms with Gasteiger partial charge in [0.1, 0.15) is 11.5 Å². The quantitative estimate of drug-likeness (QED) is 0.638. The van der Waals surface area contributed by atoms with Gasteiger partial charge in [0, 0.05) is 0 Å². The molecule has 0 N–H and O–H groups in total. The van der Waals surface area contributed by atoms with Crippen LogP contribution < -0.4 is 9.47 Å². The van der Waals surface area contributed by atoms with E-state index in [4.69, 9.17) is 9.47 Å². The van der Waals surface area contributed by atoms with E-state index < -0.39 is 0 Å². The maximum atomic E-state index is 11.6. The average Bonchev–Trinajstić information content (AvgIpc) is 2.64. The number of aryl methyl sites for hydroxylation is 1. The van der Waals surface area contributed by atoms with E-state index in [1.54, 1.807) is 20.3 Å². The highest BCUT2D eigenvalue weighted by molar-refractivity contribution is 5.90. The fourth-order valence-electron chi connectivity index (χ4n) is 4.31. The van der Waals surface area contributed by atoms with Crippen LogP contribution in [0.4, 0.5) is 0 Å². The molecule has 3 rings (SSSR count). The Bertz CT molecular complexity index is 891. The maximum Gasteiger partial charge on any atom is 0.153 e. The predicted molar refractivity (Wildman–Crippen MR) is 110 cm³/mol. The lowest BCUT2D eigenvalue weighted by molar-refractivity contribution is 0.112. The van der Waals surface area contributed by atoms with Gasteiger partial charge >= 0.3 is 0 Å². The highest BCUT2D eigenvalue weighted by Crippen LogP contribution is 2.50. The molecule has 0 aromatic heterocycles. The van der Waals surface area contributed by atoms with Gasteiger partial charge < -0.3 is 9.47 Å². The number of rotatable bonds is 4. The zero-order chi connectivity index (χ0) is 20.0. The van der Waals surface area contributed by atoms with E-state index in [9.17, 15) is 4.79 Å². The van der Waals surface area contributed by atoms with Gasteiger partial charge in [-0.05, 0) is 71.0 Å². The van der Waals surface area contributed by atoms with E-state index in [1.807, 2.05) is 6.07 Å². The molecule has 1 aliphatic rings. The van der Waals surface area contributed by atoms with Crippen molar-refractivity contribution in [3.8, 4) is 22.6 Å². The summed E-state index contributed by atoms with van der Waals surface area (Å²) in [6.07, 6.45) is 3.17. The number of hydrogen-bond acceptors (Lipinski definition) is 3. The number of aldehydes is 1. The highest BCUT2D eigenvalue weighted by atomic mass is 16.5. The van der Waals surface area contributed by atoms with Crippen molar-refractivity contribution in [2.75, 3.05) is 14.2 Å².